The average Bonchev–Trinajstić information content (AvgIpc) is 2.94. The number of carbonyl (C=O) groups is 2. The van der Waals surface area contributed by atoms with Crippen LogP contribution in [0.1, 0.15) is 16.1 Å². The number of furan rings is 1. The predicted octanol–water partition coefficient (Wildman–Crippen LogP) is 2.16. The maximum Gasteiger partial charge on any atom is 0.325 e. The van der Waals surface area contributed by atoms with Crippen molar-refractivity contribution in [1.29, 1.82) is 0 Å². The van der Waals surface area contributed by atoms with Gasteiger partial charge in [-0.05, 0) is 24.6 Å². The van der Waals surface area contributed by atoms with Crippen LogP contribution in [0.15, 0.2) is 40.8 Å². The van der Waals surface area contributed by atoms with E-state index in [0.29, 0.717) is 5.76 Å². The molecule has 0 aliphatic heterocycles. The zero-order chi connectivity index (χ0) is 14.5. The van der Waals surface area contributed by atoms with Crippen molar-refractivity contribution < 1.29 is 18.7 Å². The normalized spacial score (nSPS) is 10.1. The van der Waals surface area contributed by atoms with Gasteiger partial charge in [-0.15, -0.1) is 0 Å². The van der Waals surface area contributed by atoms with Crippen LogP contribution in [0, 0.1) is 6.92 Å². The van der Waals surface area contributed by atoms with Gasteiger partial charge in [0.05, 0.1) is 7.11 Å². The SMILES string of the molecule is COC(=O)CNC(=O)c1ccc(-c2ccccc2C)o1. The molecule has 0 bridgehead atoms. The van der Waals surface area contributed by atoms with Gasteiger partial charge in [0.1, 0.15) is 12.3 Å². The fourth-order valence-corrected chi connectivity index (χ4v) is 1.77. The van der Waals surface area contributed by atoms with Crippen molar-refractivity contribution in [2.24, 2.45) is 0 Å². The Hall–Kier alpha value is -2.56. The number of hydrogen-bond donors (Lipinski definition) is 1. The van der Waals surface area contributed by atoms with Gasteiger partial charge in [0.2, 0.25) is 0 Å². The summed E-state index contributed by atoms with van der Waals surface area (Å²) in [4.78, 5) is 22.7. The number of ether oxygens (including phenoxy) is 1. The smallest absolute Gasteiger partial charge is 0.325 e. The Kier molecular flexibility index (Phi) is 4.20. The first-order chi connectivity index (χ1) is 9.61. The molecule has 2 aromatic rings. The van der Waals surface area contributed by atoms with Crippen LogP contribution in [0.5, 0.6) is 0 Å². The average molecular weight is 273 g/mol. The van der Waals surface area contributed by atoms with E-state index < -0.39 is 11.9 Å². The quantitative estimate of drug-likeness (QED) is 0.867. The molecule has 0 fully saturated rings. The monoisotopic (exact) mass is 273 g/mol. The first-order valence-electron chi connectivity index (χ1n) is 6.12. The van der Waals surface area contributed by atoms with Crippen LogP contribution in [0.3, 0.4) is 0 Å². The lowest BCUT2D eigenvalue weighted by molar-refractivity contribution is -0.139. The Morgan fingerprint density at radius 2 is 1.95 bits per heavy atom. The zero-order valence-corrected chi connectivity index (χ0v) is 11.3. The lowest BCUT2D eigenvalue weighted by Gasteiger charge is -2.02. The van der Waals surface area contributed by atoms with E-state index in [-0.39, 0.29) is 12.3 Å². The van der Waals surface area contributed by atoms with Gasteiger partial charge in [0.15, 0.2) is 5.76 Å². The molecule has 0 atom stereocenters. The van der Waals surface area contributed by atoms with Crippen LogP contribution in [0.2, 0.25) is 0 Å². The van der Waals surface area contributed by atoms with Crippen LogP contribution in [0.25, 0.3) is 11.3 Å². The Morgan fingerprint density at radius 3 is 2.65 bits per heavy atom. The fourth-order valence-electron chi connectivity index (χ4n) is 1.77. The van der Waals surface area contributed by atoms with E-state index in [9.17, 15) is 9.59 Å². The summed E-state index contributed by atoms with van der Waals surface area (Å²) < 4.78 is 9.96. The molecule has 0 spiro atoms. The molecule has 1 aromatic heterocycles. The van der Waals surface area contributed by atoms with Gasteiger partial charge in [-0.1, -0.05) is 24.3 Å². The van der Waals surface area contributed by atoms with Gasteiger partial charge in [0, 0.05) is 5.56 Å². The molecule has 1 heterocycles. The molecule has 1 amide bonds. The van der Waals surface area contributed by atoms with Crippen LogP contribution < -0.4 is 5.32 Å². The molecule has 5 heteroatoms. The van der Waals surface area contributed by atoms with Crippen LogP contribution in [-0.4, -0.2) is 25.5 Å². The topological polar surface area (TPSA) is 68.5 Å². The molecule has 0 radical (unpaired) electrons. The van der Waals surface area contributed by atoms with Crippen molar-refractivity contribution in [1.82, 2.24) is 5.32 Å². The highest BCUT2D eigenvalue weighted by molar-refractivity contribution is 5.94. The van der Waals surface area contributed by atoms with E-state index in [1.165, 1.54) is 7.11 Å². The molecule has 1 N–H and O–H groups in total. The summed E-state index contributed by atoms with van der Waals surface area (Å²) in [5.74, 6) is -0.183. The maximum atomic E-state index is 11.8. The van der Waals surface area contributed by atoms with Gasteiger partial charge < -0.3 is 14.5 Å². The van der Waals surface area contributed by atoms with Crippen molar-refractivity contribution in [3.05, 3.63) is 47.7 Å². The minimum atomic E-state index is -0.510. The third-order valence-corrected chi connectivity index (χ3v) is 2.86. The highest BCUT2D eigenvalue weighted by Crippen LogP contribution is 2.25. The van der Waals surface area contributed by atoms with E-state index in [0.717, 1.165) is 11.1 Å². The summed E-state index contributed by atoms with van der Waals surface area (Å²) in [6.45, 7) is 1.78. The number of methoxy groups -OCH3 is 1. The Labute approximate surface area is 116 Å². The highest BCUT2D eigenvalue weighted by Gasteiger charge is 2.14. The number of rotatable bonds is 4. The lowest BCUT2D eigenvalue weighted by Crippen LogP contribution is -2.29. The van der Waals surface area contributed by atoms with E-state index >= 15 is 0 Å². The Morgan fingerprint density at radius 1 is 1.20 bits per heavy atom. The molecular weight excluding hydrogens is 258 g/mol. The third kappa shape index (κ3) is 3.06. The van der Waals surface area contributed by atoms with Crippen LogP contribution in [0.4, 0.5) is 0 Å². The van der Waals surface area contributed by atoms with Gasteiger partial charge in [-0.3, -0.25) is 9.59 Å². The molecule has 2 rings (SSSR count). The van der Waals surface area contributed by atoms with Crippen LogP contribution >= 0.6 is 0 Å². The number of hydrogen-bond acceptors (Lipinski definition) is 4. The number of aryl methyl sites for hydroxylation is 1. The molecular formula is C15H15NO4. The summed E-state index contributed by atoms with van der Waals surface area (Å²) in [6.07, 6.45) is 0. The van der Waals surface area contributed by atoms with Crippen LogP contribution in [-0.2, 0) is 9.53 Å². The molecule has 0 saturated heterocycles. The van der Waals surface area contributed by atoms with Gasteiger partial charge >= 0.3 is 5.97 Å². The maximum absolute atomic E-state index is 11.8. The third-order valence-electron chi connectivity index (χ3n) is 2.86. The van der Waals surface area contributed by atoms with E-state index in [1.54, 1.807) is 12.1 Å². The first kappa shape index (κ1) is 13.9. The van der Waals surface area contributed by atoms with Crippen molar-refractivity contribution >= 4 is 11.9 Å². The Bertz CT molecular complexity index is 630. The molecule has 0 saturated carbocycles. The number of esters is 1. The Balaban J connectivity index is 2.11. The number of nitrogens with one attached hydrogen (secondary N) is 1. The number of benzene rings is 1. The summed E-state index contributed by atoms with van der Waals surface area (Å²) in [5.41, 5.74) is 1.99. The molecule has 20 heavy (non-hydrogen) atoms. The van der Waals surface area contributed by atoms with Crippen molar-refractivity contribution in [2.45, 2.75) is 6.92 Å². The minimum Gasteiger partial charge on any atom is -0.468 e. The van der Waals surface area contributed by atoms with Crippen molar-refractivity contribution in [2.75, 3.05) is 13.7 Å². The molecule has 104 valence electrons. The fraction of sp³-hybridized carbons (Fsp3) is 0.200. The van der Waals surface area contributed by atoms with Gasteiger partial charge in [-0.2, -0.15) is 0 Å². The molecule has 0 unspecified atom stereocenters. The van der Waals surface area contributed by atoms with E-state index in [1.807, 2.05) is 31.2 Å². The summed E-state index contributed by atoms with van der Waals surface area (Å²) >= 11 is 0. The second-order valence-corrected chi connectivity index (χ2v) is 4.24. The lowest BCUT2D eigenvalue weighted by atomic mass is 10.1. The second-order valence-electron chi connectivity index (χ2n) is 4.24. The number of amides is 1. The summed E-state index contributed by atoms with van der Waals surface area (Å²) in [6, 6.07) is 11.0. The molecule has 5 nitrogen and oxygen atoms in total. The minimum absolute atomic E-state index is 0.159. The number of carbonyl (C=O) groups excluding carboxylic acids is 2. The van der Waals surface area contributed by atoms with E-state index in [4.69, 9.17) is 4.42 Å². The highest BCUT2D eigenvalue weighted by atomic mass is 16.5. The molecule has 1 aromatic carbocycles. The zero-order valence-electron chi connectivity index (χ0n) is 11.3. The van der Waals surface area contributed by atoms with Crippen molar-refractivity contribution in [3.63, 3.8) is 0 Å². The predicted molar refractivity (Wildman–Crippen MR) is 73.2 cm³/mol. The summed E-state index contributed by atoms with van der Waals surface area (Å²) in [7, 11) is 1.26. The summed E-state index contributed by atoms with van der Waals surface area (Å²) in [5, 5.41) is 2.42. The van der Waals surface area contributed by atoms with Crippen molar-refractivity contribution in [3.8, 4) is 11.3 Å². The molecule has 0 aliphatic carbocycles. The largest absolute Gasteiger partial charge is 0.468 e. The van der Waals surface area contributed by atoms with Gasteiger partial charge in [0.25, 0.3) is 5.91 Å². The second kappa shape index (κ2) is 6.06. The van der Waals surface area contributed by atoms with E-state index in [2.05, 4.69) is 10.1 Å². The van der Waals surface area contributed by atoms with Gasteiger partial charge in [-0.25, -0.2) is 0 Å². The molecule has 0 aliphatic rings. The first-order valence-corrected chi connectivity index (χ1v) is 6.12. The standard InChI is InChI=1S/C15H15NO4/c1-10-5-3-4-6-11(10)12-7-8-13(20-12)15(18)16-9-14(17)19-2/h3-8H,9H2,1-2H3,(H,16,18).